The van der Waals surface area contributed by atoms with Crippen LogP contribution in [-0.2, 0) is 9.53 Å². The Morgan fingerprint density at radius 1 is 1.44 bits per heavy atom. The maximum atomic E-state index is 11.8. The molecule has 1 fully saturated rings. The molecule has 2 unspecified atom stereocenters. The van der Waals surface area contributed by atoms with Crippen molar-refractivity contribution in [3.8, 4) is 0 Å². The Kier molecular flexibility index (Phi) is 5.59. The summed E-state index contributed by atoms with van der Waals surface area (Å²) in [5.74, 6) is -0.00534. The zero-order chi connectivity index (χ0) is 12.3. The molecule has 0 bridgehead atoms. The van der Waals surface area contributed by atoms with Crippen molar-refractivity contribution in [2.24, 2.45) is 5.73 Å². The normalized spacial score (nSPS) is 21.0. The Balaban J connectivity index is 0.00000162. The Hall–Kier alpha value is -1.10. The summed E-state index contributed by atoms with van der Waals surface area (Å²) in [5, 5.41) is 0. The van der Waals surface area contributed by atoms with Crippen LogP contribution in [0.15, 0.2) is 30.3 Å². The predicted molar refractivity (Wildman–Crippen MR) is 72.6 cm³/mol. The van der Waals surface area contributed by atoms with E-state index in [1.54, 1.807) is 11.8 Å². The molecule has 2 rings (SSSR count). The van der Waals surface area contributed by atoms with Gasteiger partial charge in [-0.3, -0.25) is 4.79 Å². The molecule has 18 heavy (non-hydrogen) atoms. The van der Waals surface area contributed by atoms with Crippen molar-refractivity contribution in [1.29, 1.82) is 0 Å². The van der Waals surface area contributed by atoms with Gasteiger partial charge in [-0.05, 0) is 12.5 Å². The largest absolute Gasteiger partial charge is 0.370 e. The van der Waals surface area contributed by atoms with E-state index >= 15 is 0 Å². The van der Waals surface area contributed by atoms with Crippen LogP contribution >= 0.6 is 12.4 Å². The second kappa shape index (κ2) is 6.73. The number of hydrogen-bond acceptors (Lipinski definition) is 3. The van der Waals surface area contributed by atoms with Gasteiger partial charge >= 0.3 is 0 Å². The van der Waals surface area contributed by atoms with E-state index in [0.29, 0.717) is 19.7 Å². The van der Waals surface area contributed by atoms with Crippen LogP contribution in [0.4, 0.5) is 0 Å². The summed E-state index contributed by atoms with van der Waals surface area (Å²) in [4.78, 5) is 13.6. The van der Waals surface area contributed by atoms with Crippen molar-refractivity contribution < 1.29 is 9.53 Å². The van der Waals surface area contributed by atoms with Crippen molar-refractivity contribution >= 4 is 18.3 Å². The molecule has 1 aromatic carbocycles. The molecule has 100 valence electrons. The van der Waals surface area contributed by atoms with Crippen molar-refractivity contribution in [1.82, 2.24) is 4.90 Å². The van der Waals surface area contributed by atoms with Crippen molar-refractivity contribution in [2.75, 3.05) is 19.7 Å². The molecule has 1 aromatic rings. The third-order valence-corrected chi connectivity index (χ3v) is 2.94. The van der Waals surface area contributed by atoms with Crippen molar-refractivity contribution in [3.63, 3.8) is 0 Å². The number of ether oxygens (including phenoxy) is 1. The first kappa shape index (κ1) is 15.0. The molecular weight excluding hydrogens is 252 g/mol. The second-order valence-electron chi connectivity index (χ2n) is 4.34. The SMILES string of the molecule is CC(N)C(=O)N1CCOC(c2ccccc2)C1.Cl. The lowest BCUT2D eigenvalue weighted by Crippen LogP contribution is -2.48. The average molecular weight is 271 g/mol. The Morgan fingerprint density at radius 3 is 2.72 bits per heavy atom. The highest BCUT2D eigenvalue weighted by atomic mass is 35.5. The summed E-state index contributed by atoms with van der Waals surface area (Å²) in [6, 6.07) is 9.52. The van der Waals surface area contributed by atoms with Crippen LogP contribution in [-0.4, -0.2) is 36.5 Å². The lowest BCUT2D eigenvalue weighted by molar-refractivity contribution is -0.140. The number of nitrogens with zero attached hydrogens (tertiary/aromatic N) is 1. The highest BCUT2D eigenvalue weighted by Gasteiger charge is 2.26. The van der Waals surface area contributed by atoms with Crippen LogP contribution in [0.3, 0.4) is 0 Å². The van der Waals surface area contributed by atoms with Gasteiger partial charge < -0.3 is 15.4 Å². The van der Waals surface area contributed by atoms with Crippen LogP contribution in [0.2, 0.25) is 0 Å². The summed E-state index contributed by atoms with van der Waals surface area (Å²) in [5.41, 5.74) is 6.73. The van der Waals surface area contributed by atoms with E-state index in [9.17, 15) is 4.79 Å². The molecule has 1 aliphatic heterocycles. The fourth-order valence-corrected chi connectivity index (χ4v) is 2.01. The molecule has 1 aliphatic rings. The van der Waals surface area contributed by atoms with Gasteiger partial charge in [0.2, 0.25) is 5.91 Å². The molecule has 0 spiro atoms. The van der Waals surface area contributed by atoms with E-state index in [0.717, 1.165) is 5.56 Å². The standard InChI is InChI=1S/C13H18N2O2.ClH/c1-10(14)13(16)15-7-8-17-12(9-15)11-5-3-2-4-6-11;/h2-6,10,12H,7-9,14H2,1H3;1H. The van der Waals surface area contributed by atoms with Gasteiger partial charge in [-0.15, -0.1) is 12.4 Å². The molecule has 1 heterocycles. The van der Waals surface area contributed by atoms with Gasteiger partial charge in [-0.2, -0.15) is 0 Å². The minimum Gasteiger partial charge on any atom is -0.370 e. The molecule has 0 aliphatic carbocycles. The number of nitrogens with two attached hydrogens (primary N) is 1. The number of hydrogen-bond donors (Lipinski definition) is 1. The first-order chi connectivity index (χ1) is 8.18. The molecule has 1 saturated heterocycles. The first-order valence-electron chi connectivity index (χ1n) is 5.89. The number of benzene rings is 1. The van der Waals surface area contributed by atoms with Gasteiger partial charge in [0.05, 0.1) is 19.2 Å². The number of halogens is 1. The molecule has 2 atom stereocenters. The lowest BCUT2D eigenvalue weighted by Gasteiger charge is -2.34. The summed E-state index contributed by atoms with van der Waals surface area (Å²) in [7, 11) is 0. The van der Waals surface area contributed by atoms with Crippen LogP contribution in [0.5, 0.6) is 0 Å². The van der Waals surface area contributed by atoms with Gasteiger partial charge in [0.25, 0.3) is 0 Å². The van der Waals surface area contributed by atoms with E-state index in [4.69, 9.17) is 10.5 Å². The molecule has 0 radical (unpaired) electrons. The monoisotopic (exact) mass is 270 g/mol. The molecule has 1 amide bonds. The number of morpholine rings is 1. The minimum absolute atomic E-state index is 0. The topological polar surface area (TPSA) is 55.6 Å². The summed E-state index contributed by atoms with van der Waals surface area (Å²) >= 11 is 0. The molecular formula is C13H19ClN2O2. The fourth-order valence-electron chi connectivity index (χ4n) is 2.01. The quantitative estimate of drug-likeness (QED) is 0.883. The lowest BCUT2D eigenvalue weighted by atomic mass is 10.1. The van der Waals surface area contributed by atoms with Gasteiger partial charge in [0.1, 0.15) is 6.10 Å². The summed E-state index contributed by atoms with van der Waals surface area (Å²) < 4.78 is 5.69. The van der Waals surface area contributed by atoms with Gasteiger partial charge in [-0.25, -0.2) is 0 Å². The molecule has 5 heteroatoms. The fraction of sp³-hybridized carbons (Fsp3) is 0.462. The summed E-state index contributed by atoms with van der Waals surface area (Å²) in [6.07, 6.45) is -0.0346. The molecule has 4 nitrogen and oxygen atoms in total. The number of carbonyl (C=O) groups excluding carboxylic acids is 1. The number of rotatable bonds is 2. The average Bonchev–Trinajstić information content (AvgIpc) is 2.39. The maximum Gasteiger partial charge on any atom is 0.239 e. The van der Waals surface area contributed by atoms with Crippen molar-refractivity contribution in [2.45, 2.75) is 19.1 Å². The summed E-state index contributed by atoms with van der Waals surface area (Å²) in [6.45, 7) is 3.50. The van der Waals surface area contributed by atoms with Gasteiger partial charge in [0, 0.05) is 6.54 Å². The first-order valence-corrected chi connectivity index (χ1v) is 5.89. The Labute approximate surface area is 114 Å². The second-order valence-corrected chi connectivity index (χ2v) is 4.34. The van der Waals surface area contributed by atoms with E-state index in [-0.39, 0.29) is 24.4 Å². The van der Waals surface area contributed by atoms with Gasteiger partial charge in [-0.1, -0.05) is 30.3 Å². The third kappa shape index (κ3) is 3.45. The van der Waals surface area contributed by atoms with Crippen LogP contribution < -0.4 is 5.73 Å². The third-order valence-electron chi connectivity index (χ3n) is 2.94. The zero-order valence-corrected chi connectivity index (χ0v) is 11.2. The van der Waals surface area contributed by atoms with E-state index in [1.807, 2.05) is 30.3 Å². The minimum atomic E-state index is -0.440. The van der Waals surface area contributed by atoms with E-state index in [1.165, 1.54) is 0 Å². The Bertz CT molecular complexity index is 384. The maximum absolute atomic E-state index is 11.8. The highest BCUT2D eigenvalue weighted by molar-refractivity contribution is 5.85. The molecule has 0 saturated carbocycles. The van der Waals surface area contributed by atoms with Crippen LogP contribution in [0.1, 0.15) is 18.6 Å². The molecule has 0 aromatic heterocycles. The number of carbonyl (C=O) groups is 1. The van der Waals surface area contributed by atoms with Crippen molar-refractivity contribution in [3.05, 3.63) is 35.9 Å². The number of amides is 1. The smallest absolute Gasteiger partial charge is 0.239 e. The van der Waals surface area contributed by atoms with Gasteiger partial charge in [0.15, 0.2) is 0 Å². The van der Waals surface area contributed by atoms with Crippen LogP contribution in [0.25, 0.3) is 0 Å². The Morgan fingerprint density at radius 2 is 2.11 bits per heavy atom. The van der Waals surface area contributed by atoms with E-state index < -0.39 is 6.04 Å². The molecule has 2 N–H and O–H groups in total. The predicted octanol–water partition coefficient (Wildman–Crippen LogP) is 1.36. The van der Waals surface area contributed by atoms with E-state index in [2.05, 4.69) is 0 Å². The zero-order valence-electron chi connectivity index (χ0n) is 10.4. The highest BCUT2D eigenvalue weighted by Crippen LogP contribution is 2.22. The van der Waals surface area contributed by atoms with Crippen LogP contribution in [0, 0.1) is 0 Å².